The van der Waals surface area contributed by atoms with Gasteiger partial charge in [0.05, 0.1) is 7.11 Å². The van der Waals surface area contributed by atoms with E-state index in [4.69, 9.17) is 4.74 Å². The van der Waals surface area contributed by atoms with Crippen molar-refractivity contribution in [1.29, 1.82) is 0 Å². The summed E-state index contributed by atoms with van der Waals surface area (Å²) < 4.78 is 6.73. The van der Waals surface area contributed by atoms with Gasteiger partial charge in [0.25, 0.3) is 0 Å². The van der Waals surface area contributed by atoms with Gasteiger partial charge < -0.3 is 10.1 Å². The van der Waals surface area contributed by atoms with E-state index in [0.29, 0.717) is 11.8 Å². The lowest BCUT2D eigenvalue weighted by Gasteiger charge is -2.11. The molecule has 1 aromatic carbocycles. The molecular formula is C17H25NOS. The van der Waals surface area contributed by atoms with Crippen LogP contribution in [0.25, 0.3) is 10.1 Å². The molecule has 0 bridgehead atoms. The fourth-order valence-electron chi connectivity index (χ4n) is 2.51. The predicted molar refractivity (Wildman–Crippen MR) is 89.0 cm³/mol. The summed E-state index contributed by atoms with van der Waals surface area (Å²) in [5.74, 6) is 2.16. The zero-order valence-corrected chi connectivity index (χ0v) is 13.9. The summed E-state index contributed by atoms with van der Waals surface area (Å²) in [5, 5.41) is 4.92. The number of benzene rings is 1. The third-order valence-corrected chi connectivity index (χ3v) is 4.61. The maximum absolute atomic E-state index is 5.37. The molecule has 0 saturated heterocycles. The summed E-state index contributed by atoms with van der Waals surface area (Å²) >= 11 is 1.91. The van der Waals surface area contributed by atoms with Crippen LogP contribution in [0.2, 0.25) is 0 Å². The highest BCUT2D eigenvalue weighted by Gasteiger charge is 2.15. The zero-order chi connectivity index (χ0) is 14.7. The first-order valence-corrected chi connectivity index (χ1v) is 8.14. The van der Waals surface area contributed by atoms with Crippen molar-refractivity contribution in [2.75, 3.05) is 13.7 Å². The summed E-state index contributed by atoms with van der Waals surface area (Å²) in [6.07, 6.45) is 0. The maximum Gasteiger partial charge on any atom is 0.119 e. The molecule has 3 heteroatoms. The Labute approximate surface area is 126 Å². The van der Waals surface area contributed by atoms with E-state index in [-0.39, 0.29) is 0 Å². The monoisotopic (exact) mass is 291 g/mol. The number of methoxy groups -OCH3 is 1. The van der Waals surface area contributed by atoms with Gasteiger partial charge in [0.1, 0.15) is 5.75 Å². The Balaban J connectivity index is 2.35. The van der Waals surface area contributed by atoms with Crippen LogP contribution in [0.3, 0.4) is 0 Å². The fraction of sp³-hybridized carbons (Fsp3) is 0.529. The van der Waals surface area contributed by atoms with E-state index in [2.05, 4.69) is 45.1 Å². The average molecular weight is 291 g/mol. The van der Waals surface area contributed by atoms with Gasteiger partial charge in [-0.25, -0.2) is 0 Å². The van der Waals surface area contributed by atoms with Crippen LogP contribution in [0.5, 0.6) is 5.75 Å². The average Bonchev–Trinajstić information content (AvgIpc) is 2.75. The van der Waals surface area contributed by atoms with Crippen LogP contribution < -0.4 is 10.1 Å². The third-order valence-electron chi connectivity index (χ3n) is 3.43. The van der Waals surface area contributed by atoms with E-state index in [1.807, 2.05) is 17.4 Å². The standard InChI is InChI=1S/C17H25NOS/c1-11(2)9-18-10-16-17(12(3)4)14-8-13(19-5)6-7-15(14)20-16/h6-8,11-12,18H,9-10H2,1-5H3. The number of ether oxygens (including phenoxy) is 1. The fourth-order valence-corrected chi connectivity index (χ4v) is 3.82. The predicted octanol–water partition coefficient (Wildman–Crippen LogP) is 4.78. The molecule has 1 aromatic heterocycles. The molecular weight excluding hydrogens is 266 g/mol. The summed E-state index contributed by atoms with van der Waals surface area (Å²) in [4.78, 5) is 1.46. The SMILES string of the molecule is COc1ccc2sc(CNCC(C)C)c(C(C)C)c2c1. The molecule has 2 nitrogen and oxygen atoms in total. The van der Waals surface area contributed by atoms with E-state index in [0.717, 1.165) is 18.8 Å². The van der Waals surface area contributed by atoms with Gasteiger partial charge in [-0.3, -0.25) is 0 Å². The molecule has 20 heavy (non-hydrogen) atoms. The Morgan fingerprint density at radius 1 is 1.20 bits per heavy atom. The van der Waals surface area contributed by atoms with Crippen molar-refractivity contribution < 1.29 is 4.74 Å². The Morgan fingerprint density at radius 3 is 2.55 bits per heavy atom. The first-order chi connectivity index (χ1) is 9.52. The van der Waals surface area contributed by atoms with Gasteiger partial charge >= 0.3 is 0 Å². The van der Waals surface area contributed by atoms with Gasteiger partial charge in [-0.05, 0) is 47.5 Å². The highest BCUT2D eigenvalue weighted by molar-refractivity contribution is 7.19. The van der Waals surface area contributed by atoms with Gasteiger partial charge in [-0.1, -0.05) is 27.7 Å². The number of rotatable bonds is 6. The van der Waals surface area contributed by atoms with Crippen molar-refractivity contribution in [3.8, 4) is 5.75 Å². The Bertz CT molecular complexity index is 572. The molecule has 0 aliphatic carbocycles. The minimum absolute atomic E-state index is 0.534. The molecule has 1 N–H and O–H groups in total. The molecule has 2 rings (SSSR count). The Hall–Kier alpha value is -1.06. The van der Waals surface area contributed by atoms with Crippen LogP contribution in [0.1, 0.15) is 44.1 Å². The largest absolute Gasteiger partial charge is 0.497 e. The second kappa shape index (κ2) is 6.59. The quantitative estimate of drug-likeness (QED) is 0.827. The number of fused-ring (bicyclic) bond motifs is 1. The molecule has 0 saturated carbocycles. The Kier molecular flexibility index (Phi) is 5.06. The smallest absolute Gasteiger partial charge is 0.119 e. The van der Waals surface area contributed by atoms with Gasteiger partial charge in [0.15, 0.2) is 0 Å². The topological polar surface area (TPSA) is 21.3 Å². The molecule has 0 aliphatic rings. The molecule has 0 unspecified atom stereocenters. The van der Waals surface area contributed by atoms with E-state index in [9.17, 15) is 0 Å². The molecule has 0 amide bonds. The minimum Gasteiger partial charge on any atom is -0.497 e. The van der Waals surface area contributed by atoms with Crippen LogP contribution in [-0.2, 0) is 6.54 Å². The highest BCUT2D eigenvalue weighted by atomic mass is 32.1. The number of nitrogens with one attached hydrogen (secondary N) is 1. The van der Waals surface area contributed by atoms with Crippen molar-refractivity contribution >= 4 is 21.4 Å². The summed E-state index contributed by atoms with van der Waals surface area (Å²) in [6.45, 7) is 11.1. The first-order valence-electron chi connectivity index (χ1n) is 7.33. The second-order valence-corrected chi connectivity index (χ2v) is 7.12. The van der Waals surface area contributed by atoms with E-state index in [1.165, 1.54) is 20.5 Å². The van der Waals surface area contributed by atoms with Crippen molar-refractivity contribution in [2.45, 2.75) is 40.2 Å². The van der Waals surface area contributed by atoms with Gasteiger partial charge in [0.2, 0.25) is 0 Å². The minimum atomic E-state index is 0.534. The summed E-state index contributed by atoms with van der Waals surface area (Å²) in [5.41, 5.74) is 1.47. The molecule has 2 aromatic rings. The van der Waals surface area contributed by atoms with E-state index >= 15 is 0 Å². The van der Waals surface area contributed by atoms with Crippen molar-refractivity contribution in [3.63, 3.8) is 0 Å². The normalized spacial score (nSPS) is 11.8. The lowest BCUT2D eigenvalue weighted by Crippen LogP contribution is -2.19. The van der Waals surface area contributed by atoms with Gasteiger partial charge in [0, 0.05) is 16.1 Å². The zero-order valence-electron chi connectivity index (χ0n) is 13.1. The molecule has 0 fully saturated rings. The molecule has 110 valence electrons. The van der Waals surface area contributed by atoms with Crippen molar-refractivity contribution in [2.24, 2.45) is 5.92 Å². The molecule has 0 atom stereocenters. The van der Waals surface area contributed by atoms with Crippen molar-refractivity contribution in [3.05, 3.63) is 28.6 Å². The van der Waals surface area contributed by atoms with E-state index in [1.54, 1.807) is 7.11 Å². The molecule has 0 radical (unpaired) electrons. The van der Waals surface area contributed by atoms with Crippen LogP contribution in [0.15, 0.2) is 18.2 Å². The van der Waals surface area contributed by atoms with Crippen LogP contribution in [0.4, 0.5) is 0 Å². The van der Waals surface area contributed by atoms with Gasteiger partial charge in [-0.2, -0.15) is 0 Å². The van der Waals surface area contributed by atoms with Crippen LogP contribution >= 0.6 is 11.3 Å². The molecule has 0 spiro atoms. The number of hydrogen-bond acceptors (Lipinski definition) is 3. The summed E-state index contributed by atoms with van der Waals surface area (Å²) in [6, 6.07) is 6.40. The van der Waals surface area contributed by atoms with Crippen LogP contribution in [-0.4, -0.2) is 13.7 Å². The number of hydrogen-bond donors (Lipinski definition) is 1. The maximum atomic E-state index is 5.37. The lowest BCUT2D eigenvalue weighted by atomic mass is 9.99. The summed E-state index contributed by atoms with van der Waals surface area (Å²) in [7, 11) is 1.73. The Morgan fingerprint density at radius 2 is 1.95 bits per heavy atom. The third kappa shape index (κ3) is 3.33. The molecule has 1 heterocycles. The first kappa shape index (κ1) is 15.3. The molecule has 0 aliphatic heterocycles. The second-order valence-electron chi connectivity index (χ2n) is 5.98. The highest BCUT2D eigenvalue weighted by Crippen LogP contribution is 2.37. The van der Waals surface area contributed by atoms with Gasteiger partial charge in [-0.15, -0.1) is 11.3 Å². The van der Waals surface area contributed by atoms with Crippen LogP contribution in [0, 0.1) is 5.92 Å². The van der Waals surface area contributed by atoms with E-state index < -0.39 is 0 Å². The number of thiophene rings is 1. The van der Waals surface area contributed by atoms with Crippen molar-refractivity contribution in [1.82, 2.24) is 5.32 Å². The lowest BCUT2D eigenvalue weighted by molar-refractivity contribution is 0.415.